The molecule has 0 saturated carbocycles. The smallest absolute Gasteiger partial charge is 0.148 e. The number of ketones is 1. The quantitative estimate of drug-likeness (QED) is 0.890. The third-order valence-electron chi connectivity index (χ3n) is 4.28. The Morgan fingerprint density at radius 3 is 2.48 bits per heavy atom. The maximum Gasteiger partial charge on any atom is 0.148 e. The molecule has 110 valence electrons. The van der Waals surface area contributed by atoms with Gasteiger partial charge >= 0.3 is 0 Å². The lowest BCUT2D eigenvalue weighted by Crippen LogP contribution is -2.46. The highest BCUT2D eigenvalue weighted by Gasteiger charge is 2.40. The molecule has 1 aliphatic heterocycles. The Morgan fingerprint density at radius 2 is 1.86 bits per heavy atom. The van der Waals surface area contributed by atoms with E-state index < -0.39 is 0 Å². The minimum Gasteiger partial charge on any atom is -0.317 e. The summed E-state index contributed by atoms with van der Waals surface area (Å²) >= 11 is 5.13. The number of rotatable bonds is 4. The second-order valence-corrected chi connectivity index (χ2v) is 8.05. The summed E-state index contributed by atoms with van der Waals surface area (Å²) in [5, 5.41) is 3.37. The van der Waals surface area contributed by atoms with Crippen LogP contribution in [-0.2, 0) is 16.6 Å². The minimum atomic E-state index is -0.316. The van der Waals surface area contributed by atoms with Crippen LogP contribution in [0.15, 0.2) is 46.3 Å². The Balaban J connectivity index is 1.90. The molecule has 0 bridgehead atoms. The van der Waals surface area contributed by atoms with Crippen molar-refractivity contribution in [3.63, 3.8) is 0 Å². The van der Waals surface area contributed by atoms with Crippen molar-refractivity contribution in [1.29, 1.82) is 0 Å². The van der Waals surface area contributed by atoms with Gasteiger partial charge in [-0.05, 0) is 59.6 Å². The first-order valence-corrected chi connectivity index (χ1v) is 8.85. The van der Waals surface area contributed by atoms with Crippen LogP contribution in [0.2, 0.25) is 0 Å². The highest BCUT2D eigenvalue weighted by molar-refractivity contribution is 9.11. The zero-order valence-corrected chi connectivity index (χ0v) is 14.2. The normalized spacial score (nSPS) is 17.6. The lowest BCUT2D eigenvalue weighted by atomic mass is 9.69. The zero-order valence-electron chi connectivity index (χ0n) is 11.8. The molecule has 1 N–H and O–H groups in total. The molecule has 1 aliphatic rings. The molecule has 0 radical (unpaired) electrons. The number of hydrogen-bond donors (Lipinski definition) is 1. The summed E-state index contributed by atoms with van der Waals surface area (Å²) in [6, 6.07) is 14.4. The fraction of sp³-hybridized carbons (Fsp3) is 0.353. The van der Waals surface area contributed by atoms with Crippen LogP contribution in [0.25, 0.3) is 0 Å². The Hall–Kier alpha value is -0.970. The van der Waals surface area contributed by atoms with Crippen LogP contribution >= 0.6 is 27.3 Å². The van der Waals surface area contributed by atoms with Crippen molar-refractivity contribution >= 4 is 33.0 Å². The van der Waals surface area contributed by atoms with Crippen LogP contribution < -0.4 is 5.32 Å². The maximum atomic E-state index is 13.1. The summed E-state index contributed by atoms with van der Waals surface area (Å²) in [6.45, 7) is 1.82. The van der Waals surface area contributed by atoms with Gasteiger partial charge in [-0.25, -0.2) is 0 Å². The lowest BCUT2D eigenvalue weighted by Gasteiger charge is -2.36. The number of thiophene rings is 1. The Bertz CT molecular complexity index is 617. The van der Waals surface area contributed by atoms with E-state index in [4.69, 9.17) is 0 Å². The van der Waals surface area contributed by atoms with Crippen molar-refractivity contribution in [3.05, 3.63) is 56.7 Å². The topological polar surface area (TPSA) is 29.1 Å². The summed E-state index contributed by atoms with van der Waals surface area (Å²) in [7, 11) is 0. The predicted molar refractivity (Wildman–Crippen MR) is 91.0 cm³/mol. The third-order valence-corrected chi connectivity index (χ3v) is 5.90. The van der Waals surface area contributed by atoms with E-state index in [-0.39, 0.29) is 5.41 Å². The molecule has 0 unspecified atom stereocenters. The molecule has 21 heavy (non-hydrogen) atoms. The Morgan fingerprint density at radius 1 is 1.14 bits per heavy atom. The van der Waals surface area contributed by atoms with Gasteiger partial charge in [-0.2, -0.15) is 0 Å². The first-order chi connectivity index (χ1) is 10.2. The molecule has 0 atom stereocenters. The van der Waals surface area contributed by atoms with E-state index >= 15 is 0 Å². The zero-order chi connectivity index (χ0) is 14.7. The molecular formula is C17H18BrNOS. The molecule has 0 spiro atoms. The number of hydrogen-bond acceptors (Lipinski definition) is 3. The summed E-state index contributed by atoms with van der Waals surface area (Å²) in [5.41, 5.74) is 0.857. The molecule has 0 aliphatic carbocycles. The van der Waals surface area contributed by atoms with Gasteiger partial charge in [-0.15, -0.1) is 11.3 Å². The molecule has 1 aromatic heterocycles. The number of carbonyl (C=O) groups is 1. The van der Waals surface area contributed by atoms with E-state index in [1.807, 2.05) is 30.3 Å². The van der Waals surface area contributed by atoms with Crippen molar-refractivity contribution in [2.45, 2.75) is 24.7 Å². The lowest BCUT2D eigenvalue weighted by molar-refractivity contribution is -0.124. The summed E-state index contributed by atoms with van der Waals surface area (Å²) < 4.78 is 1.09. The molecule has 4 heteroatoms. The van der Waals surface area contributed by atoms with Crippen molar-refractivity contribution < 1.29 is 4.79 Å². The van der Waals surface area contributed by atoms with E-state index in [1.165, 1.54) is 5.56 Å². The largest absolute Gasteiger partial charge is 0.317 e. The van der Waals surface area contributed by atoms with Crippen LogP contribution in [0.3, 0.4) is 0 Å². The highest BCUT2D eigenvalue weighted by atomic mass is 79.9. The van der Waals surface area contributed by atoms with Crippen LogP contribution in [0.4, 0.5) is 0 Å². The van der Waals surface area contributed by atoms with E-state index in [0.717, 1.165) is 34.6 Å². The molecule has 2 aromatic rings. The average molecular weight is 364 g/mol. The van der Waals surface area contributed by atoms with Gasteiger partial charge in [0.2, 0.25) is 0 Å². The summed E-state index contributed by atoms with van der Waals surface area (Å²) in [4.78, 5) is 14.2. The molecule has 3 rings (SSSR count). The average Bonchev–Trinajstić information content (AvgIpc) is 2.94. The molecule has 2 heterocycles. The molecule has 1 aromatic carbocycles. The van der Waals surface area contributed by atoms with E-state index in [0.29, 0.717) is 12.2 Å². The Labute approximate surface area is 137 Å². The van der Waals surface area contributed by atoms with Gasteiger partial charge in [0, 0.05) is 11.3 Å². The fourth-order valence-electron chi connectivity index (χ4n) is 3.11. The maximum absolute atomic E-state index is 13.1. The number of carbonyl (C=O) groups excluding carboxylic acids is 1. The summed E-state index contributed by atoms with van der Waals surface area (Å²) in [6.07, 6.45) is 2.32. The van der Waals surface area contributed by atoms with Gasteiger partial charge in [0.05, 0.1) is 9.20 Å². The van der Waals surface area contributed by atoms with Crippen molar-refractivity contribution in [1.82, 2.24) is 5.32 Å². The van der Waals surface area contributed by atoms with Gasteiger partial charge in [0.1, 0.15) is 5.78 Å². The van der Waals surface area contributed by atoms with Crippen LogP contribution in [0, 0.1) is 0 Å². The molecule has 1 fully saturated rings. The van der Waals surface area contributed by atoms with Crippen LogP contribution in [0.1, 0.15) is 23.3 Å². The summed E-state index contributed by atoms with van der Waals surface area (Å²) in [5.74, 6) is 0.351. The fourth-order valence-corrected chi connectivity index (χ4v) is 4.60. The van der Waals surface area contributed by atoms with Crippen molar-refractivity contribution in [3.8, 4) is 0 Å². The van der Waals surface area contributed by atoms with Crippen LogP contribution in [-0.4, -0.2) is 18.9 Å². The van der Waals surface area contributed by atoms with Gasteiger partial charge in [-0.3, -0.25) is 4.79 Å². The predicted octanol–water partition coefficient (Wildman–Crippen LogP) is 3.94. The first-order valence-electron chi connectivity index (χ1n) is 7.24. The number of benzene rings is 1. The molecular weight excluding hydrogens is 346 g/mol. The van der Waals surface area contributed by atoms with E-state index in [2.05, 4.69) is 33.4 Å². The number of nitrogens with one attached hydrogen (secondary N) is 1. The molecule has 0 amide bonds. The first kappa shape index (κ1) is 14.9. The second kappa shape index (κ2) is 6.42. The number of Topliss-reactive ketones (excluding diaryl/α,β-unsaturated/α-hetero) is 1. The SMILES string of the molecule is O=C(Cc1ccc(Br)s1)C1(c2ccccc2)CCNCC1. The highest BCUT2D eigenvalue weighted by Crippen LogP contribution is 2.36. The van der Waals surface area contributed by atoms with Gasteiger partial charge in [-0.1, -0.05) is 30.3 Å². The monoisotopic (exact) mass is 363 g/mol. The third kappa shape index (κ3) is 3.12. The van der Waals surface area contributed by atoms with Crippen molar-refractivity contribution in [2.75, 3.05) is 13.1 Å². The van der Waals surface area contributed by atoms with E-state index in [9.17, 15) is 4.79 Å². The van der Waals surface area contributed by atoms with Gasteiger partial charge in [0.25, 0.3) is 0 Å². The van der Waals surface area contributed by atoms with E-state index in [1.54, 1.807) is 11.3 Å². The number of halogens is 1. The van der Waals surface area contributed by atoms with Gasteiger partial charge < -0.3 is 5.32 Å². The standard InChI is InChI=1S/C17H18BrNOS/c18-16-7-6-14(21-16)12-15(20)17(8-10-19-11-9-17)13-4-2-1-3-5-13/h1-7,19H,8-12H2. The number of piperidine rings is 1. The van der Waals surface area contributed by atoms with Crippen molar-refractivity contribution in [2.24, 2.45) is 0 Å². The minimum absolute atomic E-state index is 0.316. The van der Waals surface area contributed by atoms with Gasteiger partial charge in [0.15, 0.2) is 0 Å². The molecule has 1 saturated heterocycles. The molecule has 2 nitrogen and oxygen atoms in total. The van der Waals surface area contributed by atoms with Crippen LogP contribution in [0.5, 0.6) is 0 Å². The second-order valence-electron chi connectivity index (χ2n) is 5.50. The Kier molecular flexibility index (Phi) is 4.57.